The monoisotopic (exact) mass is 671 g/mol. The van der Waals surface area contributed by atoms with E-state index in [1.807, 2.05) is 80.6 Å². The number of ether oxygens (including phenoxy) is 2. The van der Waals surface area contributed by atoms with Gasteiger partial charge in [0.2, 0.25) is 5.91 Å². The van der Waals surface area contributed by atoms with Gasteiger partial charge in [0, 0.05) is 27.4 Å². The van der Waals surface area contributed by atoms with Crippen molar-refractivity contribution in [1.29, 1.82) is 0 Å². The predicted octanol–water partition coefficient (Wildman–Crippen LogP) is 8.20. The van der Waals surface area contributed by atoms with Gasteiger partial charge in [0.1, 0.15) is 10.9 Å². The van der Waals surface area contributed by atoms with E-state index in [2.05, 4.69) is 16.0 Å². The van der Waals surface area contributed by atoms with Crippen molar-refractivity contribution >= 4 is 46.9 Å². The first kappa shape index (κ1) is 34.5. The zero-order valence-corrected chi connectivity index (χ0v) is 28.5. The van der Waals surface area contributed by atoms with Crippen molar-refractivity contribution in [2.75, 3.05) is 24.9 Å². The molecule has 0 aliphatic rings. The Morgan fingerprint density at radius 1 is 0.714 bits per heavy atom. The van der Waals surface area contributed by atoms with E-state index < -0.39 is 17.1 Å². The van der Waals surface area contributed by atoms with Crippen LogP contribution in [0.15, 0.2) is 132 Å². The van der Waals surface area contributed by atoms with Crippen molar-refractivity contribution < 1.29 is 23.9 Å². The SMILES string of the molecule is COc1cccc(/C=C(\NC(=O)c2ccccc2)C(=O)Nc2ccc(SC(C(=O)Nc3cccc(C)c3C)c3ccccc3)cc2)c1OC. The minimum absolute atomic E-state index is 0.00566. The molecule has 0 aromatic heterocycles. The predicted molar refractivity (Wildman–Crippen MR) is 196 cm³/mol. The van der Waals surface area contributed by atoms with Crippen molar-refractivity contribution in [3.63, 3.8) is 0 Å². The van der Waals surface area contributed by atoms with Gasteiger partial charge in [-0.25, -0.2) is 0 Å². The van der Waals surface area contributed by atoms with Gasteiger partial charge in [0.15, 0.2) is 11.5 Å². The molecule has 248 valence electrons. The summed E-state index contributed by atoms with van der Waals surface area (Å²) in [7, 11) is 3.03. The van der Waals surface area contributed by atoms with Crippen LogP contribution in [0.1, 0.15) is 37.9 Å². The number of anilines is 2. The van der Waals surface area contributed by atoms with Crippen LogP contribution in [0, 0.1) is 13.8 Å². The first-order valence-corrected chi connectivity index (χ1v) is 16.4. The third-order valence-electron chi connectivity index (χ3n) is 7.83. The highest BCUT2D eigenvalue weighted by atomic mass is 32.2. The van der Waals surface area contributed by atoms with Crippen molar-refractivity contribution in [2.24, 2.45) is 0 Å². The van der Waals surface area contributed by atoms with Gasteiger partial charge in [-0.3, -0.25) is 14.4 Å². The fourth-order valence-corrected chi connectivity index (χ4v) is 6.09. The van der Waals surface area contributed by atoms with E-state index in [0.29, 0.717) is 28.3 Å². The summed E-state index contributed by atoms with van der Waals surface area (Å²) < 4.78 is 11.0. The lowest BCUT2D eigenvalue weighted by Gasteiger charge is -2.19. The van der Waals surface area contributed by atoms with E-state index in [0.717, 1.165) is 27.3 Å². The van der Waals surface area contributed by atoms with Crippen molar-refractivity contribution in [3.05, 3.63) is 155 Å². The van der Waals surface area contributed by atoms with Gasteiger partial charge >= 0.3 is 0 Å². The highest BCUT2D eigenvalue weighted by Gasteiger charge is 2.23. The number of para-hydroxylation sites is 1. The molecule has 5 aromatic rings. The van der Waals surface area contributed by atoms with Gasteiger partial charge in [-0.15, -0.1) is 11.8 Å². The van der Waals surface area contributed by atoms with Crippen LogP contribution in [0.3, 0.4) is 0 Å². The lowest BCUT2D eigenvalue weighted by molar-refractivity contribution is -0.116. The van der Waals surface area contributed by atoms with Crippen LogP contribution in [-0.4, -0.2) is 31.9 Å². The van der Waals surface area contributed by atoms with Crippen molar-refractivity contribution in [2.45, 2.75) is 24.0 Å². The number of hydrogen-bond donors (Lipinski definition) is 3. The van der Waals surface area contributed by atoms with Crippen LogP contribution >= 0.6 is 11.8 Å². The first-order chi connectivity index (χ1) is 23.8. The molecule has 5 aromatic carbocycles. The van der Waals surface area contributed by atoms with E-state index in [4.69, 9.17) is 9.47 Å². The quantitative estimate of drug-likeness (QED) is 0.0913. The average Bonchev–Trinajstić information content (AvgIpc) is 3.13. The summed E-state index contributed by atoms with van der Waals surface area (Å²) in [6.07, 6.45) is 1.54. The van der Waals surface area contributed by atoms with E-state index >= 15 is 0 Å². The molecule has 49 heavy (non-hydrogen) atoms. The number of carbonyl (C=O) groups is 3. The Balaban J connectivity index is 1.37. The molecule has 0 heterocycles. The summed E-state index contributed by atoms with van der Waals surface area (Å²) in [5.41, 5.74) is 5.21. The maximum absolute atomic E-state index is 13.7. The fraction of sp³-hybridized carbons (Fsp3) is 0.125. The second kappa shape index (κ2) is 16.3. The molecule has 3 amide bonds. The Hall–Kier alpha value is -5.80. The van der Waals surface area contributed by atoms with Crippen LogP contribution < -0.4 is 25.4 Å². The number of benzene rings is 5. The van der Waals surface area contributed by atoms with E-state index in [-0.39, 0.29) is 11.6 Å². The average molecular weight is 672 g/mol. The molecule has 0 aliphatic heterocycles. The van der Waals surface area contributed by atoms with Gasteiger partial charge in [-0.2, -0.15) is 0 Å². The molecule has 0 spiro atoms. The molecule has 1 unspecified atom stereocenters. The molecule has 3 N–H and O–H groups in total. The van der Waals surface area contributed by atoms with Crippen LogP contribution in [0.2, 0.25) is 0 Å². The topological polar surface area (TPSA) is 106 Å². The van der Waals surface area contributed by atoms with Crippen LogP contribution in [0.4, 0.5) is 11.4 Å². The molecule has 5 rings (SSSR count). The third kappa shape index (κ3) is 8.77. The molecule has 0 bridgehead atoms. The van der Waals surface area contributed by atoms with Gasteiger partial charge in [-0.05, 0) is 85.1 Å². The molecule has 0 aliphatic carbocycles. The van der Waals surface area contributed by atoms with Crippen LogP contribution in [0.5, 0.6) is 11.5 Å². The van der Waals surface area contributed by atoms with Crippen molar-refractivity contribution in [3.8, 4) is 11.5 Å². The lowest BCUT2D eigenvalue weighted by atomic mass is 10.1. The third-order valence-corrected chi connectivity index (χ3v) is 9.10. The number of amides is 3. The molecular formula is C40H37N3O5S. The Kier molecular flexibility index (Phi) is 11.5. The van der Waals surface area contributed by atoms with E-state index in [1.165, 1.54) is 26.0 Å². The summed E-state index contributed by atoms with van der Waals surface area (Å²) in [4.78, 5) is 41.3. The van der Waals surface area contributed by atoms with Gasteiger partial charge < -0.3 is 25.4 Å². The molecule has 0 saturated heterocycles. The Morgan fingerprint density at radius 2 is 1.39 bits per heavy atom. The highest BCUT2D eigenvalue weighted by molar-refractivity contribution is 8.00. The molecule has 0 fully saturated rings. The summed E-state index contributed by atoms with van der Waals surface area (Å²) >= 11 is 1.41. The van der Waals surface area contributed by atoms with Gasteiger partial charge in [0.25, 0.3) is 11.8 Å². The zero-order chi connectivity index (χ0) is 34.8. The lowest BCUT2D eigenvalue weighted by Crippen LogP contribution is -2.30. The smallest absolute Gasteiger partial charge is 0.272 e. The molecule has 0 saturated carbocycles. The maximum Gasteiger partial charge on any atom is 0.272 e. The highest BCUT2D eigenvalue weighted by Crippen LogP contribution is 2.37. The Bertz CT molecular complexity index is 1960. The molecular weight excluding hydrogens is 635 g/mol. The Morgan fingerprint density at radius 3 is 2.06 bits per heavy atom. The summed E-state index contributed by atoms with van der Waals surface area (Å²) in [5.74, 6) is -0.222. The van der Waals surface area contributed by atoms with E-state index in [1.54, 1.807) is 60.7 Å². The Labute approximate surface area is 290 Å². The number of aryl methyl sites for hydroxylation is 1. The summed E-state index contributed by atoms with van der Waals surface area (Å²) in [6, 6.07) is 36.6. The number of hydrogen-bond acceptors (Lipinski definition) is 6. The normalized spacial score (nSPS) is 11.6. The minimum Gasteiger partial charge on any atom is -0.493 e. The fourth-order valence-electron chi connectivity index (χ4n) is 5.06. The van der Waals surface area contributed by atoms with Crippen LogP contribution in [0.25, 0.3) is 6.08 Å². The largest absolute Gasteiger partial charge is 0.493 e. The maximum atomic E-state index is 13.7. The second-order valence-electron chi connectivity index (χ2n) is 11.1. The number of carbonyl (C=O) groups excluding carboxylic acids is 3. The minimum atomic E-state index is -0.537. The number of rotatable bonds is 12. The second-order valence-corrected chi connectivity index (χ2v) is 12.3. The van der Waals surface area contributed by atoms with E-state index in [9.17, 15) is 14.4 Å². The van der Waals surface area contributed by atoms with Gasteiger partial charge in [-0.1, -0.05) is 72.8 Å². The van der Waals surface area contributed by atoms with Crippen molar-refractivity contribution in [1.82, 2.24) is 5.32 Å². The molecule has 9 heteroatoms. The summed E-state index contributed by atoms with van der Waals surface area (Å²) in [6.45, 7) is 4.00. The standard InChI is InChI=1S/C40H37N3O5S/c1-26-13-11-19-33(27(26)2)42-40(46)37(28-14-7-5-8-15-28)49-32-23-21-31(22-24-32)41-39(45)34(43-38(44)29-16-9-6-10-17-29)25-30-18-12-20-35(47-3)36(30)48-4/h5-25,37H,1-4H3,(H,41,45)(H,42,46)(H,43,44)/b34-25-. The molecule has 1 atom stereocenters. The van der Waals surface area contributed by atoms with Gasteiger partial charge in [0.05, 0.1) is 14.2 Å². The van der Waals surface area contributed by atoms with Crippen LogP contribution in [-0.2, 0) is 9.59 Å². The summed E-state index contributed by atoms with van der Waals surface area (Å²) in [5, 5.41) is 8.22. The number of thioether (sulfide) groups is 1. The molecule has 0 radical (unpaired) electrons. The molecule has 8 nitrogen and oxygen atoms in total. The first-order valence-electron chi connectivity index (χ1n) is 15.6. The zero-order valence-electron chi connectivity index (χ0n) is 27.7. The number of methoxy groups -OCH3 is 2. The number of nitrogens with one attached hydrogen (secondary N) is 3.